The van der Waals surface area contributed by atoms with E-state index in [0.29, 0.717) is 11.8 Å². The van der Waals surface area contributed by atoms with Gasteiger partial charge in [0.15, 0.2) is 0 Å². The van der Waals surface area contributed by atoms with Crippen LogP contribution < -0.4 is 5.32 Å². The molecule has 0 unspecified atom stereocenters. The molecule has 14 heavy (non-hydrogen) atoms. The number of aromatic amines is 1. The number of aromatic nitrogens is 2. The van der Waals surface area contributed by atoms with Gasteiger partial charge in [-0.1, -0.05) is 13.8 Å². The first-order chi connectivity index (χ1) is 6.77. The fraction of sp³-hybridized carbons (Fsp3) is 0.727. The minimum atomic E-state index is 0.525. The summed E-state index contributed by atoms with van der Waals surface area (Å²) in [5.41, 5.74) is 2.49. The van der Waals surface area contributed by atoms with E-state index >= 15 is 0 Å². The first-order valence-corrected chi connectivity index (χ1v) is 5.53. The van der Waals surface area contributed by atoms with Crippen LogP contribution in [0.15, 0.2) is 6.07 Å². The Morgan fingerprint density at radius 3 is 2.93 bits per heavy atom. The van der Waals surface area contributed by atoms with E-state index in [0.717, 1.165) is 6.54 Å². The summed E-state index contributed by atoms with van der Waals surface area (Å²) >= 11 is 0. The number of nitrogens with zero attached hydrogens (tertiary/aromatic N) is 1. The Kier molecular flexibility index (Phi) is 2.87. The molecule has 0 spiro atoms. The van der Waals surface area contributed by atoms with E-state index < -0.39 is 0 Å². The van der Waals surface area contributed by atoms with E-state index in [4.69, 9.17) is 0 Å². The normalized spacial score (nSPS) is 22.9. The number of hydrogen-bond acceptors (Lipinski definition) is 2. The van der Waals surface area contributed by atoms with E-state index in [1.165, 1.54) is 30.8 Å². The predicted molar refractivity (Wildman–Crippen MR) is 57.5 cm³/mol. The van der Waals surface area contributed by atoms with Gasteiger partial charge in [0.25, 0.3) is 0 Å². The highest BCUT2D eigenvalue weighted by Gasteiger charge is 2.17. The highest BCUT2D eigenvalue weighted by molar-refractivity contribution is 5.16. The molecule has 3 heteroatoms. The Labute approximate surface area is 85.3 Å². The van der Waals surface area contributed by atoms with Crippen LogP contribution in [0.3, 0.4) is 0 Å². The average Bonchev–Trinajstić information content (AvgIpc) is 2.68. The van der Waals surface area contributed by atoms with E-state index in [1.54, 1.807) is 0 Å². The Bertz CT molecular complexity index is 284. The van der Waals surface area contributed by atoms with Gasteiger partial charge < -0.3 is 5.32 Å². The zero-order valence-electron chi connectivity index (χ0n) is 9.01. The van der Waals surface area contributed by atoms with Crippen LogP contribution in [0.2, 0.25) is 0 Å². The molecule has 2 N–H and O–H groups in total. The maximum Gasteiger partial charge on any atom is 0.0650 e. The fourth-order valence-electron chi connectivity index (χ4n) is 1.98. The molecule has 78 valence electrons. The van der Waals surface area contributed by atoms with Crippen molar-refractivity contribution in [1.82, 2.24) is 15.5 Å². The first-order valence-electron chi connectivity index (χ1n) is 5.53. The van der Waals surface area contributed by atoms with E-state index in [2.05, 4.69) is 35.4 Å². The number of H-pyrrole nitrogens is 1. The second kappa shape index (κ2) is 4.13. The summed E-state index contributed by atoms with van der Waals surface area (Å²) in [6.45, 7) is 6.62. The maximum atomic E-state index is 4.34. The molecule has 0 aliphatic carbocycles. The van der Waals surface area contributed by atoms with E-state index in [-0.39, 0.29) is 0 Å². The average molecular weight is 193 g/mol. The molecular formula is C11H19N3. The third-order valence-electron chi connectivity index (χ3n) is 2.95. The molecule has 1 aromatic rings. The summed E-state index contributed by atoms with van der Waals surface area (Å²) in [7, 11) is 0. The largest absolute Gasteiger partial charge is 0.316 e. The molecule has 0 radical (unpaired) electrons. The van der Waals surface area contributed by atoms with Crippen LogP contribution in [0.5, 0.6) is 0 Å². The van der Waals surface area contributed by atoms with Gasteiger partial charge in [-0.05, 0) is 31.4 Å². The second-order valence-corrected chi connectivity index (χ2v) is 4.45. The molecule has 0 aromatic carbocycles. The second-order valence-electron chi connectivity index (χ2n) is 4.45. The van der Waals surface area contributed by atoms with Crippen molar-refractivity contribution in [3.8, 4) is 0 Å². The van der Waals surface area contributed by atoms with Gasteiger partial charge in [0.05, 0.1) is 5.69 Å². The molecule has 1 fully saturated rings. The van der Waals surface area contributed by atoms with Crippen LogP contribution in [-0.2, 0) is 0 Å². The zero-order chi connectivity index (χ0) is 9.97. The van der Waals surface area contributed by atoms with Gasteiger partial charge in [0.1, 0.15) is 0 Å². The topological polar surface area (TPSA) is 40.7 Å². The van der Waals surface area contributed by atoms with Crippen LogP contribution in [-0.4, -0.2) is 23.3 Å². The van der Waals surface area contributed by atoms with Crippen molar-refractivity contribution < 1.29 is 0 Å². The standard InChI is InChI=1S/C11H19N3/c1-8(2)10-6-11(14-13-10)9-4-3-5-12-7-9/h6,8-9,12H,3-5,7H2,1-2H3,(H,13,14)/t9-/m0/s1. The lowest BCUT2D eigenvalue weighted by Gasteiger charge is -2.21. The molecule has 1 aromatic heterocycles. The lowest BCUT2D eigenvalue weighted by molar-refractivity contribution is 0.454. The van der Waals surface area contributed by atoms with Crippen molar-refractivity contribution in [2.45, 2.75) is 38.5 Å². The molecule has 1 aliphatic heterocycles. The molecule has 0 bridgehead atoms. The summed E-state index contributed by atoms with van der Waals surface area (Å²) in [6.07, 6.45) is 2.56. The minimum absolute atomic E-state index is 0.525. The van der Waals surface area contributed by atoms with Gasteiger partial charge in [-0.15, -0.1) is 0 Å². The molecule has 1 saturated heterocycles. The predicted octanol–water partition coefficient (Wildman–Crippen LogP) is 2.00. The smallest absolute Gasteiger partial charge is 0.0650 e. The van der Waals surface area contributed by atoms with Gasteiger partial charge in [0.2, 0.25) is 0 Å². The molecular weight excluding hydrogens is 174 g/mol. The van der Waals surface area contributed by atoms with Crippen molar-refractivity contribution in [2.75, 3.05) is 13.1 Å². The van der Waals surface area contributed by atoms with Gasteiger partial charge in [-0.3, -0.25) is 5.10 Å². The molecule has 2 rings (SSSR count). The van der Waals surface area contributed by atoms with Gasteiger partial charge in [-0.2, -0.15) is 5.10 Å². The lowest BCUT2D eigenvalue weighted by atomic mass is 9.95. The first kappa shape index (κ1) is 9.71. The summed E-state index contributed by atoms with van der Waals surface area (Å²) in [5.74, 6) is 1.17. The van der Waals surface area contributed by atoms with Crippen molar-refractivity contribution >= 4 is 0 Å². The third kappa shape index (κ3) is 1.98. The van der Waals surface area contributed by atoms with Crippen LogP contribution in [0.1, 0.15) is 49.9 Å². The molecule has 1 atom stereocenters. The Morgan fingerprint density at radius 1 is 1.50 bits per heavy atom. The van der Waals surface area contributed by atoms with Crippen molar-refractivity contribution in [1.29, 1.82) is 0 Å². The van der Waals surface area contributed by atoms with Crippen LogP contribution >= 0.6 is 0 Å². The number of piperidine rings is 1. The van der Waals surface area contributed by atoms with Crippen LogP contribution in [0.4, 0.5) is 0 Å². The van der Waals surface area contributed by atoms with Crippen molar-refractivity contribution in [3.05, 3.63) is 17.5 Å². The summed E-state index contributed by atoms with van der Waals surface area (Å²) in [5, 5.41) is 10.9. The monoisotopic (exact) mass is 193 g/mol. The zero-order valence-corrected chi connectivity index (χ0v) is 9.01. The molecule has 1 aliphatic rings. The highest BCUT2D eigenvalue weighted by Crippen LogP contribution is 2.23. The van der Waals surface area contributed by atoms with Crippen molar-refractivity contribution in [3.63, 3.8) is 0 Å². The van der Waals surface area contributed by atoms with E-state index in [9.17, 15) is 0 Å². The fourth-order valence-corrected chi connectivity index (χ4v) is 1.98. The summed E-state index contributed by atoms with van der Waals surface area (Å²) in [6, 6.07) is 2.22. The SMILES string of the molecule is CC(C)c1cc([C@H]2CCCNC2)[nH]n1. The maximum absolute atomic E-state index is 4.34. The Balaban J connectivity index is 2.07. The summed E-state index contributed by atoms with van der Waals surface area (Å²) < 4.78 is 0. The van der Waals surface area contributed by atoms with Crippen LogP contribution in [0, 0.1) is 0 Å². The minimum Gasteiger partial charge on any atom is -0.316 e. The third-order valence-corrected chi connectivity index (χ3v) is 2.95. The van der Waals surface area contributed by atoms with Crippen molar-refractivity contribution in [2.24, 2.45) is 0 Å². The molecule has 0 amide bonds. The van der Waals surface area contributed by atoms with Gasteiger partial charge >= 0.3 is 0 Å². The lowest BCUT2D eigenvalue weighted by Crippen LogP contribution is -2.28. The Hall–Kier alpha value is -0.830. The van der Waals surface area contributed by atoms with E-state index in [1.807, 2.05) is 0 Å². The molecule has 3 nitrogen and oxygen atoms in total. The van der Waals surface area contributed by atoms with Crippen LogP contribution in [0.25, 0.3) is 0 Å². The highest BCUT2D eigenvalue weighted by atomic mass is 15.1. The molecule has 2 heterocycles. The Morgan fingerprint density at radius 2 is 2.36 bits per heavy atom. The number of rotatable bonds is 2. The number of nitrogens with one attached hydrogen (secondary N) is 2. The summed E-state index contributed by atoms with van der Waals surface area (Å²) in [4.78, 5) is 0. The van der Waals surface area contributed by atoms with Gasteiger partial charge in [-0.25, -0.2) is 0 Å². The van der Waals surface area contributed by atoms with Gasteiger partial charge in [0, 0.05) is 18.2 Å². The quantitative estimate of drug-likeness (QED) is 0.754. The molecule has 0 saturated carbocycles. The number of hydrogen-bond donors (Lipinski definition) is 2.